The summed E-state index contributed by atoms with van der Waals surface area (Å²) in [5.41, 5.74) is 9.98. The number of thiophene rings is 1. The van der Waals surface area contributed by atoms with Gasteiger partial charge in [-0.2, -0.15) is 0 Å². The van der Waals surface area contributed by atoms with Crippen LogP contribution in [0.3, 0.4) is 0 Å². The van der Waals surface area contributed by atoms with E-state index in [9.17, 15) is 0 Å². The number of hydrogen-bond acceptors (Lipinski definition) is 3. The standard InChI is InChI=1S/C50H31NOS/c1-2-15-35(16-3-1)51(44-23-10-14-32-13-4-5-17-36(32)44)45-24-12-26-47-48(45)43-31-42(38-18-6-7-20-41(38)50(43)53-47)34-29-27-33(28-30-34)37-21-11-22-40-39-19-8-9-25-46(39)52-49(37)40/h1-31H. The Morgan fingerprint density at radius 2 is 1.04 bits per heavy atom. The van der Waals surface area contributed by atoms with Crippen LogP contribution in [0.1, 0.15) is 0 Å². The Balaban J connectivity index is 1.13. The van der Waals surface area contributed by atoms with Crippen LogP contribution in [0, 0.1) is 0 Å². The molecule has 2 nitrogen and oxygen atoms in total. The highest BCUT2D eigenvalue weighted by atomic mass is 32.1. The second kappa shape index (κ2) is 11.9. The van der Waals surface area contributed by atoms with Gasteiger partial charge in [0.1, 0.15) is 11.2 Å². The average molecular weight is 694 g/mol. The van der Waals surface area contributed by atoms with E-state index in [1.807, 2.05) is 23.5 Å². The predicted molar refractivity (Wildman–Crippen MR) is 227 cm³/mol. The van der Waals surface area contributed by atoms with Gasteiger partial charge in [-0.15, -0.1) is 11.3 Å². The Bertz CT molecular complexity index is 3170. The van der Waals surface area contributed by atoms with Crippen molar-refractivity contribution in [1.82, 2.24) is 0 Å². The summed E-state index contributed by atoms with van der Waals surface area (Å²) in [5, 5.41) is 9.81. The van der Waals surface area contributed by atoms with Crippen molar-refractivity contribution in [3.05, 3.63) is 188 Å². The zero-order valence-corrected chi connectivity index (χ0v) is 29.5. The summed E-state index contributed by atoms with van der Waals surface area (Å²) in [5.74, 6) is 0. The first-order chi connectivity index (χ1) is 26.3. The Labute approximate surface area is 310 Å². The lowest BCUT2D eigenvalue weighted by Crippen LogP contribution is -2.10. The van der Waals surface area contributed by atoms with Crippen LogP contribution in [0.5, 0.6) is 0 Å². The second-order valence-electron chi connectivity index (χ2n) is 13.6. The van der Waals surface area contributed by atoms with E-state index < -0.39 is 0 Å². The zero-order chi connectivity index (χ0) is 34.9. The highest BCUT2D eigenvalue weighted by Gasteiger charge is 2.22. The molecular weight excluding hydrogens is 663 g/mol. The molecule has 0 atom stereocenters. The Morgan fingerprint density at radius 3 is 1.89 bits per heavy atom. The van der Waals surface area contributed by atoms with Crippen molar-refractivity contribution in [1.29, 1.82) is 0 Å². The summed E-state index contributed by atoms with van der Waals surface area (Å²) in [6.07, 6.45) is 0. The van der Waals surface area contributed by atoms with Gasteiger partial charge >= 0.3 is 0 Å². The van der Waals surface area contributed by atoms with Gasteiger partial charge in [-0.25, -0.2) is 0 Å². The second-order valence-corrected chi connectivity index (χ2v) is 14.7. The zero-order valence-electron chi connectivity index (χ0n) is 28.7. The molecule has 0 bridgehead atoms. The Morgan fingerprint density at radius 1 is 0.415 bits per heavy atom. The molecule has 2 aromatic heterocycles. The lowest BCUT2D eigenvalue weighted by molar-refractivity contribution is 0.670. The molecule has 0 aliphatic rings. The molecule has 0 saturated heterocycles. The molecular formula is C50H31NOS. The SMILES string of the molecule is c1ccc(N(c2cccc3ccccc23)c2cccc3sc4c5ccccc5c(-c5ccc(-c6cccc7c6oc6ccccc67)cc5)cc4c23)cc1. The fourth-order valence-corrected chi connectivity index (χ4v) is 9.49. The van der Waals surface area contributed by atoms with E-state index in [1.54, 1.807) is 0 Å². The fourth-order valence-electron chi connectivity index (χ4n) is 8.25. The number of hydrogen-bond donors (Lipinski definition) is 0. The van der Waals surface area contributed by atoms with Gasteiger partial charge in [0, 0.05) is 53.0 Å². The van der Waals surface area contributed by atoms with Gasteiger partial charge in [0.15, 0.2) is 0 Å². The number of para-hydroxylation sites is 3. The third kappa shape index (κ3) is 4.71. The average Bonchev–Trinajstić information content (AvgIpc) is 3.81. The van der Waals surface area contributed by atoms with Crippen molar-refractivity contribution < 1.29 is 4.42 Å². The van der Waals surface area contributed by atoms with Gasteiger partial charge in [0.25, 0.3) is 0 Å². The van der Waals surface area contributed by atoms with Gasteiger partial charge < -0.3 is 9.32 Å². The minimum Gasteiger partial charge on any atom is -0.455 e. The number of benzene rings is 9. The first-order valence-corrected chi connectivity index (χ1v) is 18.8. The smallest absolute Gasteiger partial charge is 0.143 e. The minimum absolute atomic E-state index is 0.917. The summed E-state index contributed by atoms with van der Waals surface area (Å²) >= 11 is 1.89. The van der Waals surface area contributed by atoms with Crippen LogP contribution in [0.15, 0.2) is 192 Å². The molecule has 0 amide bonds. The normalized spacial score (nSPS) is 11.8. The van der Waals surface area contributed by atoms with Crippen molar-refractivity contribution in [2.24, 2.45) is 0 Å². The first-order valence-electron chi connectivity index (χ1n) is 18.0. The molecule has 9 aromatic carbocycles. The molecule has 248 valence electrons. The summed E-state index contributed by atoms with van der Waals surface area (Å²) in [4.78, 5) is 2.44. The minimum atomic E-state index is 0.917. The van der Waals surface area contributed by atoms with Gasteiger partial charge in [-0.05, 0) is 69.9 Å². The topological polar surface area (TPSA) is 16.4 Å². The number of furan rings is 1. The molecule has 0 saturated carbocycles. The van der Waals surface area contributed by atoms with Crippen LogP contribution in [0.2, 0.25) is 0 Å². The number of rotatable bonds is 5. The first kappa shape index (κ1) is 30.0. The lowest BCUT2D eigenvalue weighted by atomic mass is 9.93. The molecule has 11 aromatic rings. The molecule has 0 aliphatic heterocycles. The molecule has 3 heteroatoms. The Hall–Kier alpha value is -6.68. The summed E-state index contributed by atoms with van der Waals surface area (Å²) < 4.78 is 8.99. The van der Waals surface area contributed by atoms with Gasteiger partial charge in [-0.3, -0.25) is 0 Å². The molecule has 0 unspecified atom stereocenters. The van der Waals surface area contributed by atoms with Gasteiger partial charge in [0.2, 0.25) is 0 Å². The van der Waals surface area contributed by atoms with E-state index in [4.69, 9.17) is 4.42 Å². The van der Waals surface area contributed by atoms with E-state index in [-0.39, 0.29) is 0 Å². The van der Waals surface area contributed by atoms with E-state index in [2.05, 4.69) is 181 Å². The Kier molecular flexibility index (Phi) is 6.76. The van der Waals surface area contributed by atoms with Crippen molar-refractivity contribution >= 4 is 92.1 Å². The molecule has 0 N–H and O–H groups in total. The number of anilines is 3. The summed E-state index contributed by atoms with van der Waals surface area (Å²) in [6.45, 7) is 0. The van der Waals surface area contributed by atoms with Crippen molar-refractivity contribution in [3.8, 4) is 22.3 Å². The number of fused-ring (bicyclic) bond motifs is 9. The largest absolute Gasteiger partial charge is 0.455 e. The lowest BCUT2D eigenvalue weighted by Gasteiger charge is -2.27. The molecule has 53 heavy (non-hydrogen) atoms. The van der Waals surface area contributed by atoms with Crippen LogP contribution in [-0.2, 0) is 0 Å². The maximum atomic E-state index is 6.41. The molecule has 0 fully saturated rings. The van der Waals surface area contributed by atoms with Gasteiger partial charge in [0.05, 0.1) is 11.4 Å². The fraction of sp³-hybridized carbons (Fsp3) is 0. The summed E-state index contributed by atoms with van der Waals surface area (Å²) in [6, 6.07) is 67.9. The van der Waals surface area contributed by atoms with E-state index in [0.717, 1.165) is 44.4 Å². The van der Waals surface area contributed by atoms with Crippen molar-refractivity contribution in [3.63, 3.8) is 0 Å². The molecule has 0 aliphatic carbocycles. The van der Waals surface area contributed by atoms with Gasteiger partial charge in [-0.1, -0.05) is 146 Å². The molecule has 2 heterocycles. The predicted octanol–water partition coefficient (Wildman–Crippen LogP) is 15.1. The third-order valence-corrected chi connectivity index (χ3v) is 11.9. The maximum absolute atomic E-state index is 6.41. The maximum Gasteiger partial charge on any atom is 0.143 e. The molecule has 0 spiro atoms. The molecule has 0 radical (unpaired) electrons. The van der Waals surface area contributed by atoms with Crippen LogP contribution < -0.4 is 4.90 Å². The van der Waals surface area contributed by atoms with Crippen molar-refractivity contribution in [2.45, 2.75) is 0 Å². The summed E-state index contributed by atoms with van der Waals surface area (Å²) in [7, 11) is 0. The van der Waals surface area contributed by atoms with E-state index in [0.29, 0.717) is 0 Å². The van der Waals surface area contributed by atoms with Crippen LogP contribution >= 0.6 is 11.3 Å². The van der Waals surface area contributed by atoms with Crippen molar-refractivity contribution in [2.75, 3.05) is 4.90 Å². The van der Waals surface area contributed by atoms with Crippen LogP contribution in [0.4, 0.5) is 17.1 Å². The number of nitrogens with zero attached hydrogens (tertiary/aromatic N) is 1. The quantitative estimate of drug-likeness (QED) is 0.178. The highest BCUT2D eigenvalue weighted by molar-refractivity contribution is 7.26. The third-order valence-electron chi connectivity index (χ3n) is 10.7. The van der Waals surface area contributed by atoms with E-state index >= 15 is 0 Å². The van der Waals surface area contributed by atoms with Crippen LogP contribution in [-0.4, -0.2) is 0 Å². The van der Waals surface area contributed by atoms with E-state index in [1.165, 1.54) is 58.5 Å². The monoisotopic (exact) mass is 693 g/mol. The molecule has 11 rings (SSSR count). The van der Waals surface area contributed by atoms with Crippen LogP contribution in [0.25, 0.3) is 85.9 Å². The highest BCUT2D eigenvalue weighted by Crippen LogP contribution is 2.49.